The Morgan fingerprint density at radius 3 is 2.96 bits per heavy atom. The SMILES string of the molecule is CN=C(NCCCOCC1CCCO1)NCC(=O)Nc1cccc(F)c1.I. The zero-order valence-corrected chi connectivity index (χ0v) is 17.8. The highest BCUT2D eigenvalue weighted by atomic mass is 127. The number of amides is 1. The van der Waals surface area contributed by atoms with Crippen LogP contribution in [0.5, 0.6) is 0 Å². The first-order chi connectivity index (χ1) is 12.7. The van der Waals surface area contributed by atoms with Crippen LogP contribution in [-0.4, -0.2) is 57.9 Å². The summed E-state index contributed by atoms with van der Waals surface area (Å²) in [7, 11) is 1.63. The van der Waals surface area contributed by atoms with Crippen LogP contribution in [0.1, 0.15) is 19.3 Å². The fourth-order valence-corrected chi connectivity index (χ4v) is 2.53. The minimum absolute atomic E-state index is 0. The van der Waals surface area contributed by atoms with E-state index in [1.807, 2.05) is 0 Å². The van der Waals surface area contributed by atoms with Gasteiger partial charge in [0.25, 0.3) is 0 Å². The van der Waals surface area contributed by atoms with Gasteiger partial charge in [-0.25, -0.2) is 4.39 Å². The van der Waals surface area contributed by atoms with Gasteiger partial charge in [-0.3, -0.25) is 9.79 Å². The van der Waals surface area contributed by atoms with Crippen LogP contribution < -0.4 is 16.0 Å². The third kappa shape index (κ3) is 9.87. The van der Waals surface area contributed by atoms with E-state index >= 15 is 0 Å². The first-order valence-electron chi connectivity index (χ1n) is 8.86. The van der Waals surface area contributed by atoms with Crippen LogP contribution in [0, 0.1) is 5.82 Å². The lowest BCUT2D eigenvalue weighted by molar-refractivity contribution is -0.115. The van der Waals surface area contributed by atoms with Crippen molar-refractivity contribution in [2.45, 2.75) is 25.4 Å². The highest BCUT2D eigenvalue weighted by Gasteiger charge is 2.14. The van der Waals surface area contributed by atoms with Crippen molar-refractivity contribution in [3.8, 4) is 0 Å². The van der Waals surface area contributed by atoms with Crippen LogP contribution in [0.15, 0.2) is 29.3 Å². The molecular formula is C18H28FIN4O3. The van der Waals surface area contributed by atoms with Gasteiger partial charge in [0.15, 0.2) is 5.96 Å². The molecule has 3 N–H and O–H groups in total. The molecule has 27 heavy (non-hydrogen) atoms. The average Bonchev–Trinajstić information content (AvgIpc) is 3.14. The molecule has 0 radical (unpaired) electrons. The second-order valence-electron chi connectivity index (χ2n) is 5.97. The van der Waals surface area contributed by atoms with Gasteiger partial charge < -0.3 is 25.4 Å². The molecule has 0 saturated carbocycles. The van der Waals surface area contributed by atoms with Crippen molar-refractivity contribution in [1.82, 2.24) is 10.6 Å². The Labute approximate surface area is 176 Å². The molecular weight excluding hydrogens is 466 g/mol. The molecule has 9 heteroatoms. The number of carbonyl (C=O) groups is 1. The van der Waals surface area contributed by atoms with E-state index in [0.717, 1.165) is 25.9 Å². The van der Waals surface area contributed by atoms with Crippen LogP contribution >= 0.6 is 24.0 Å². The zero-order valence-electron chi connectivity index (χ0n) is 15.5. The number of hydrogen-bond acceptors (Lipinski definition) is 4. The fourth-order valence-electron chi connectivity index (χ4n) is 2.53. The number of hydrogen-bond donors (Lipinski definition) is 3. The van der Waals surface area contributed by atoms with Gasteiger partial charge in [0, 0.05) is 32.5 Å². The summed E-state index contributed by atoms with van der Waals surface area (Å²) in [5.74, 6) is -0.146. The maximum Gasteiger partial charge on any atom is 0.243 e. The number of anilines is 1. The van der Waals surface area contributed by atoms with Crippen molar-refractivity contribution >= 4 is 41.5 Å². The number of carbonyl (C=O) groups excluding carboxylic acids is 1. The maximum atomic E-state index is 13.1. The molecule has 1 heterocycles. The molecule has 2 rings (SSSR count). The number of aliphatic imine (C=N–C) groups is 1. The highest BCUT2D eigenvalue weighted by molar-refractivity contribution is 14.0. The number of nitrogens with one attached hydrogen (secondary N) is 3. The second kappa shape index (κ2) is 13.7. The summed E-state index contributed by atoms with van der Waals surface area (Å²) in [4.78, 5) is 15.9. The molecule has 0 aromatic heterocycles. The van der Waals surface area contributed by atoms with E-state index in [2.05, 4.69) is 20.9 Å². The topological polar surface area (TPSA) is 84.0 Å². The van der Waals surface area contributed by atoms with E-state index < -0.39 is 5.82 Å². The van der Waals surface area contributed by atoms with Gasteiger partial charge in [0.2, 0.25) is 5.91 Å². The summed E-state index contributed by atoms with van der Waals surface area (Å²) in [5.41, 5.74) is 0.420. The van der Waals surface area contributed by atoms with Gasteiger partial charge in [-0.1, -0.05) is 6.07 Å². The molecule has 1 fully saturated rings. The molecule has 0 bridgehead atoms. The summed E-state index contributed by atoms with van der Waals surface area (Å²) in [6.45, 7) is 2.84. The standard InChI is InChI=1S/C18H27FN4O3.HI/c1-20-18(21-8-4-9-25-13-16-7-3-10-26-16)22-12-17(24)23-15-6-2-5-14(19)11-15;/h2,5-6,11,16H,3-4,7-10,12-13H2,1H3,(H,23,24)(H2,20,21,22);1H. The van der Waals surface area contributed by atoms with Gasteiger partial charge in [0.05, 0.1) is 19.3 Å². The molecule has 1 aliphatic heterocycles. The second-order valence-corrected chi connectivity index (χ2v) is 5.97. The minimum Gasteiger partial charge on any atom is -0.379 e. The Balaban J connectivity index is 0.00000364. The number of rotatable bonds is 9. The number of nitrogens with zero attached hydrogens (tertiary/aromatic N) is 1. The average molecular weight is 494 g/mol. The Bertz CT molecular complexity index is 598. The van der Waals surface area contributed by atoms with Crippen molar-refractivity contribution < 1.29 is 18.7 Å². The molecule has 1 amide bonds. The van der Waals surface area contributed by atoms with Crippen LogP contribution in [0.25, 0.3) is 0 Å². The number of ether oxygens (including phenoxy) is 2. The molecule has 1 aliphatic rings. The first kappa shape index (κ1) is 23.6. The van der Waals surface area contributed by atoms with E-state index in [-0.39, 0.29) is 42.5 Å². The lowest BCUT2D eigenvalue weighted by Crippen LogP contribution is -2.41. The molecule has 1 atom stereocenters. The predicted molar refractivity (Wildman–Crippen MR) is 114 cm³/mol. The summed E-state index contributed by atoms with van der Waals surface area (Å²) in [5, 5.41) is 8.64. The van der Waals surface area contributed by atoms with E-state index in [0.29, 0.717) is 31.4 Å². The molecule has 0 aliphatic carbocycles. The van der Waals surface area contributed by atoms with Crippen molar-refractivity contribution in [3.63, 3.8) is 0 Å². The van der Waals surface area contributed by atoms with Gasteiger partial charge in [-0.15, -0.1) is 24.0 Å². The number of benzene rings is 1. The van der Waals surface area contributed by atoms with Crippen LogP contribution in [0.3, 0.4) is 0 Å². The Morgan fingerprint density at radius 2 is 2.26 bits per heavy atom. The van der Waals surface area contributed by atoms with Gasteiger partial charge in [0.1, 0.15) is 5.82 Å². The van der Waals surface area contributed by atoms with Crippen molar-refractivity contribution in [2.75, 3.05) is 45.3 Å². The van der Waals surface area contributed by atoms with E-state index in [1.165, 1.54) is 12.1 Å². The van der Waals surface area contributed by atoms with E-state index in [4.69, 9.17) is 9.47 Å². The third-order valence-corrected chi connectivity index (χ3v) is 3.83. The summed E-state index contributed by atoms with van der Waals surface area (Å²) >= 11 is 0. The third-order valence-electron chi connectivity index (χ3n) is 3.83. The van der Waals surface area contributed by atoms with E-state index in [9.17, 15) is 9.18 Å². The molecule has 1 aromatic rings. The van der Waals surface area contributed by atoms with Crippen LogP contribution in [0.2, 0.25) is 0 Å². The largest absolute Gasteiger partial charge is 0.379 e. The van der Waals surface area contributed by atoms with Crippen molar-refractivity contribution in [2.24, 2.45) is 4.99 Å². The molecule has 1 unspecified atom stereocenters. The van der Waals surface area contributed by atoms with Gasteiger partial charge in [-0.2, -0.15) is 0 Å². The Hall–Kier alpha value is -1.46. The first-order valence-corrected chi connectivity index (χ1v) is 8.86. The monoisotopic (exact) mass is 494 g/mol. The lowest BCUT2D eigenvalue weighted by Gasteiger charge is -2.13. The molecule has 1 saturated heterocycles. The fraction of sp³-hybridized carbons (Fsp3) is 0.556. The molecule has 7 nitrogen and oxygen atoms in total. The smallest absolute Gasteiger partial charge is 0.243 e. The zero-order chi connectivity index (χ0) is 18.6. The maximum absolute atomic E-state index is 13.1. The molecule has 0 spiro atoms. The number of halogens is 2. The molecule has 152 valence electrons. The van der Waals surface area contributed by atoms with Crippen molar-refractivity contribution in [1.29, 1.82) is 0 Å². The van der Waals surface area contributed by atoms with Gasteiger partial charge in [-0.05, 0) is 37.5 Å². The van der Waals surface area contributed by atoms with E-state index in [1.54, 1.807) is 19.2 Å². The highest BCUT2D eigenvalue weighted by Crippen LogP contribution is 2.11. The van der Waals surface area contributed by atoms with Crippen molar-refractivity contribution in [3.05, 3.63) is 30.1 Å². The van der Waals surface area contributed by atoms with Gasteiger partial charge >= 0.3 is 0 Å². The summed E-state index contributed by atoms with van der Waals surface area (Å²) in [6, 6.07) is 5.76. The predicted octanol–water partition coefficient (Wildman–Crippen LogP) is 2.13. The quantitative estimate of drug-likeness (QED) is 0.212. The lowest BCUT2D eigenvalue weighted by atomic mass is 10.2. The molecule has 1 aromatic carbocycles. The van der Waals surface area contributed by atoms with Crippen LogP contribution in [-0.2, 0) is 14.3 Å². The summed E-state index contributed by atoms with van der Waals surface area (Å²) < 4.78 is 24.2. The normalized spacial score (nSPS) is 16.5. The minimum atomic E-state index is -0.394. The Morgan fingerprint density at radius 1 is 1.41 bits per heavy atom. The van der Waals surface area contributed by atoms with Crippen LogP contribution in [0.4, 0.5) is 10.1 Å². The Kier molecular flexibility index (Phi) is 11.9. The summed E-state index contributed by atoms with van der Waals surface area (Å²) in [6.07, 6.45) is 3.26. The number of guanidine groups is 1.